The Hall–Kier alpha value is -3.91. The fourth-order valence-electron chi connectivity index (χ4n) is 4.58. The highest BCUT2D eigenvalue weighted by molar-refractivity contribution is 5.93. The number of hydrogen-bond donors (Lipinski definition) is 5. The number of amides is 1. The van der Waals surface area contributed by atoms with Gasteiger partial charge in [-0.15, -0.1) is 0 Å². The molecule has 8 nitrogen and oxygen atoms in total. The van der Waals surface area contributed by atoms with Gasteiger partial charge in [0.2, 0.25) is 5.91 Å². The zero-order valence-corrected chi connectivity index (χ0v) is 18.9. The van der Waals surface area contributed by atoms with E-state index < -0.39 is 0 Å². The van der Waals surface area contributed by atoms with Crippen molar-refractivity contribution in [3.05, 3.63) is 66.1 Å². The number of nitrogens with two attached hydrogens (primary N) is 2. The number of rotatable bonds is 6. The fourth-order valence-corrected chi connectivity index (χ4v) is 4.58. The lowest BCUT2D eigenvalue weighted by molar-refractivity contribution is -0.124. The molecule has 8 heteroatoms. The molecule has 174 valence electrons. The van der Waals surface area contributed by atoms with E-state index in [1.165, 1.54) is 0 Å². The molecule has 1 aliphatic carbocycles. The van der Waals surface area contributed by atoms with Gasteiger partial charge in [-0.05, 0) is 61.9 Å². The summed E-state index contributed by atoms with van der Waals surface area (Å²) in [5.41, 5.74) is 15.9. The van der Waals surface area contributed by atoms with Crippen molar-refractivity contribution in [3.63, 3.8) is 0 Å². The van der Waals surface area contributed by atoms with Crippen LogP contribution < -0.4 is 16.8 Å². The maximum absolute atomic E-state index is 13.1. The smallest absolute Gasteiger partial charge is 0.227 e. The second-order valence-electron chi connectivity index (χ2n) is 8.91. The molecular weight excluding hydrogens is 426 g/mol. The van der Waals surface area contributed by atoms with Crippen molar-refractivity contribution in [2.24, 2.45) is 17.6 Å². The van der Waals surface area contributed by atoms with Gasteiger partial charge in [-0.3, -0.25) is 9.89 Å². The van der Waals surface area contributed by atoms with E-state index in [2.05, 4.69) is 20.5 Å². The molecule has 1 amide bonds. The Morgan fingerprint density at radius 2 is 1.91 bits per heavy atom. The van der Waals surface area contributed by atoms with Crippen LogP contribution >= 0.6 is 0 Å². The number of nitrogens with one attached hydrogen (secondary N) is 3. The van der Waals surface area contributed by atoms with Gasteiger partial charge in [-0.25, -0.2) is 4.98 Å². The molecule has 2 aromatic carbocycles. The molecule has 34 heavy (non-hydrogen) atoms. The Morgan fingerprint density at radius 3 is 2.68 bits per heavy atom. The van der Waals surface area contributed by atoms with E-state index in [-0.39, 0.29) is 11.8 Å². The monoisotopic (exact) mass is 455 g/mol. The number of fused-ring (bicyclic) bond motifs is 1. The lowest BCUT2D eigenvalue weighted by Gasteiger charge is -2.27. The van der Waals surface area contributed by atoms with Crippen LogP contribution in [0.1, 0.15) is 37.1 Å². The van der Waals surface area contributed by atoms with Crippen LogP contribution in [0.3, 0.4) is 0 Å². The number of anilines is 1. The third-order valence-corrected chi connectivity index (χ3v) is 6.64. The Morgan fingerprint density at radius 1 is 1.12 bits per heavy atom. The highest BCUT2D eigenvalue weighted by Gasteiger charge is 2.26. The Kier molecular flexibility index (Phi) is 6.14. The molecule has 0 spiro atoms. The van der Waals surface area contributed by atoms with E-state index >= 15 is 0 Å². The fraction of sp³-hybridized carbons (Fsp3) is 0.269. The largest absolute Gasteiger partial charge is 0.382 e. The zero-order valence-electron chi connectivity index (χ0n) is 18.9. The highest BCUT2D eigenvalue weighted by Crippen LogP contribution is 2.29. The first-order chi connectivity index (χ1) is 16.6. The molecule has 7 N–H and O–H groups in total. The maximum atomic E-state index is 13.1. The summed E-state index contributed by atoms with van der Waals surface area (Å²) in [6, 6.07) is 15.8. The number of hydrogen-bond acceptors (Lipinski definition) is 5. The van der Waals surface area contributed by atoms with Crippen LogP contribution in [0.5, 0.6) is 0 Å². The molecular formula is C26H29N7O. The summed E-state index contributed by atoms with van der Waals surface area (Å²) in [4.78, 5) is 21.2. The zero-order chi connectivity index (χ0) is 23.5. The van der Waals surface area contributed by atoms with E-state index in [1.807, 2.05) is 60.8 Å². The quantitative estimate of drug-likeness (QED) is 0.300. The minimum Gasteiger partial charge on any atom is -0.382 e. The van der Waals surface area contributed by atoms with Crippen molar-refractivity contribution < 1.29 is 4.79 Å². The summed E-state index contributed by atoms with van der Waals surface area (Å²) in [5.74, 6) is 1.63. The van der Waals surface area contributed by atoms with Gasteiger partial charge >= 0.3 is 0 Å². The summed E-state index contributed by atoms with van der Waals surface area (Å²) < 4.78 is 0. The SMILES string of the molecule is NCC1CCC(C(=O)NC(=Cc2ccccc2)c2nc(-c3ccc4c(N)n[nH]c4c3)c[nH]2)CC1. The predicted octanol–water partition coefficient (Wildman–Crippen LogP) is 3.91. The molecule has 5 rings (SSSR count). The van der Waals surface area contributed by atoms with Crippen molar-refractivity contribution in [1.82, 2.24) is 25.5 Å². The minimum atomic E-state index is -0.00958. The van der Waals surface area contributed by atoms with Crippen LogP contribution in [0.25, 0.3) is 33.9 Å². The molecule has 0 saturated heterocycles. The summed E-state index contributed by atoms with van der Waals surface area (Å²) in [7, 11) is 0. The Balaban J connectivity index is 1.42. The van der Waals surface area contributed by atoms with E-state index in [9.17, 15) is 4.79 Å². The van der Waals surface area contributed by atoms with Crippen molar-refractivity contribution in [2.45, 2.75) is 25.7 Å². The van der Waals surface area contributed by atoms with Gasteiger partial charge < -0.3 is 21.8 Å². The van der Waals surface area contributed by atoms with Gasteiger partial charge in [0, 0.05) is 23.1 Å². The molecule has 1 fully saturated rings. The van der Waals surface area contributed by atoms with Crippen LogP contribution in [-0.4, -0.2) is 32.6 Å². The summed E-state index contributed by atoms with van der Waals surface area (Å²) in [6.07, 6.45) is 7.51. The topological polar surface area (TPSA) is 138 Å². The number of H-pyrrole nitrogens is 2. The molecule has 1 aliphatic rings. The average Bonchev–Trinajstić information content (AvgIpc) is 3.51. The number of benzene rings is 2. The molecule has 2 aromatic heterocycles. The average molecular weight is 456 g/mol. The Bertz CT molecular complexity index is 1310. The number of carbonyl (C=O) groups excluding carboxylic acids is 1. The number of imidazole rings is 1. The summed E-state index contributed by atoms with van der Waals surface area (Å²) in [6.45, 7) is 0.694. The first-order valence-electron chi connectivity index (χ1n) is 11.7. The van der Waals surface area contributed by atoms with Gasteiger partial charge in [0.15, 0.2) is 11.6 Å². The number of aromatic nitrogens is 4. The van der Waals surface area contributed by atoms with Crippen LogP contribution in [0, 0.1) is 11.8 Å². The van der Waals surface area contributed by atoms with E-state index in [0.717, 1.165) is 53.4 Å². The lowest BCUT2D eigenvalue weighted by atomic mass is 9.81. The minimum absolute atomic E-state index is 0.00958. The third-order valence-electron chi connectivity index (χ3n) is 6.64. The predicted molar refractivity (Wildman–Crippen MR) is 135 cm³/mol. The highest BCUT2D eigenvalue weighted by atomic mass is 16.1. The van der Waals surface area contributed by atoms with Gasteiger partial charge in [0.05, 0.1) is 16.9 Å². The summed E-state index contributed by atoms with van der Waals surface area (Å²) >= 11 is 0. The van der Waals surface area contributed by atoms with Crippen LogP contribution in [-0.2, 0) is 4.79 Å². The molecule has 0 radical (unpaired) electrons. The molecule has 0 atom stereocenters. The summed E-state index contributed by atoms with van der Waals surface area (Å²) in [5, 5.41) is 11.0. The van der Waals surface area contributed by atoms with Gasteiger partial charge in [-0.1, -0.05) is 36.4 Å². The molecule has 2 heterocycles. The Labute approximate surface area is 197 Å². The number of aromatic amines is 2. The van der Waals surface area contributed by atoms with Crippen molar-refractivity contribution >= 4 is 34.4 Å². The lowest BCUT2D eigenvalue weighted by Crippen LogP contribution is -2.33. The van der Waals surface area contributed by atoms with Gasteiger partial charge in [-0.2, -0.15) is 5.10 Å². The molecule has 0 aliphatic heterocycles. The van der Waals surface area contributed by atoms with E-state index in [1.54, 1.807) is 0 Å². The standard InChI is InChI=1S/C26H29N7O/c27-14-17-6-8-18(9-7-17)26(34)31-22(12-16-4-2-1-3-5-16)25-29-15-23(30-25)19-10-11-20-21(13-19)32-33-24(20)28/h1-5,10-13,15,17-18H,6-9,14,27H2,(H,29,30)(H,31,34)(H3,28,32,33). The molecule has 1 saturated carbocycles. The van der Waals surface area contributed by atoms with Crippen LogP contribution in [0.2, 0.25) is 0 Å². The second-order valence-corrected chi connectivity index (χ2v) is 8.91. The van der Waals surface area contributed by atoms with E-state index in [0.29, 0.717) is 29.8 Å². The number of nitrogen functional groups attached to an aromatic ring is 1. The molecule has 0 bridgehead atoms. The van der Waals surface area contributed by atoms with Crippen LogP contribution in [0.15, 0.2) is 54.7 Å². The van der Waals surface area contributed by atoms with Crippen molar-refractivity contribution in [3.8, 4) is 11.3 Å². The molecule has 4 aromatic rings. The van der Waals surface area contributed by atoms with Crippen molar-refractivity contribution in [2.75, 3.05) is 12.3 Å². The maximum Gasteiger partial charge on any atom is 0.227 e. The number of nitrogens with zero attached hydrogens (tertiary/aromatic N) is 2. The normalized spacial score (nSPS) is 18.8. The van der Waals surface area contributed by atoms with E-state index in [4.69, 9.17) is 16.5 Å². The molecule has 0 unspecified atom stereocenters. The first-order valence-corrected chi connectivity index (χ1v) is 11.7. The van der Waals surface area contributed by atoms with Crippen molar-refractivity contribution in [1.29, 1.82) is 0 Å². The van der Waals surface area contributed by atoms with Gasteiger partial charge in [0.1, 0.15) is 0 Å². The number of carbonyl (C=O) groups is 1. The van der Waals surface area contributed by atoms with Crippen LogP contribution in [0.4, 0.5) is 5.82 Å². The second kappa shape index (κ2) is 9.52. The van der Waals surface area contributed by atoms with Gasteiger partial charge in [0.25, 0.3) is 0 Å². The first kappa shape index (κ1) is 21.9. The third kappa shape index (κ3) is 4.58.